The topological polar surface area (TPSA) is 125 Å². The molecule has 0 aliphatic rings. The molecule has 0 saturated carbocycles. The van der Waals surface area contributed by atoms with E-state index < -0.39 is 29.1 Å². The molecule has 0 radical (unpaired) electrons. The molecule has 136 valence electrons. The van der Waals surface area contributed by atoms with Gasteiger partial charge in [-0.15, -0.1) is 0 Å². The summed E-state index contributed by atoms with van der Waals surface area (Å²) in [6.07, 6.45) is 0. The van der Waals surface area contributed by atoms with E-state index in [1.807, 2.05) is 0 Å². The van der Waals surface area contributed by atoms with E-state index in [9.17, 15) is 19.7 Å². The van der Waals surface area contributed by atoms with Crippen molar-refractivity contribution in [2.24, 2.45) is 0 Å². The molecule has 0 fully saturated rings. The van der Waals surface area contributed by atoms with Gasteiger partial charge in [-0.3, -0.25) is 14.9 Å². The Morgan fingerprint density at radius 3 is 2.65 bits per heavy atom. The summed E-state index contributed by atoms with van der Waals surface area (Å²) in [6.45, 7) is 1.20. The summed E-state index contributed by atoms with van der Waals surface area (Å²) < 4.78 is 4.88. The van der Waals surface area contributed by atoms with Gasteiger partial charge in [0.25, 0.3) is 11.6 Å². The van der Waals surface area contributed by atoms with Crippen molar-refractivity contribution < 1.29 is 19.2 Å². The third kappa shape index (κ3) is 4.70. The molecule has 3 N–H and O–H groups in total. The van der Waals surface area contributed by atoms with Crippen LogP contribution in [-0.4, -0.2) is 23.4 Å². The first-order valence-electron chi connectivity index (χ1n) is 7.54. The second-order valence-corrected chi connectivity index (χ2v) is 5.82. The van der Waals surface area contributed by atoms with Crippen molar-refractivity contribution in [2.75, 3.05) is 12.3 Å². The Labute approximate surface area is 154 Å². The van der Waals surface area contributed by atoms with Crippen LogP contribution in [0.3, 0.4) is 0 Å². The molecular weight excluding hydrogens is 362 g/mol. The number of nitro groups is 1. The highest BCUT2D eigenvalue weighted by molar-refractivity contribution is 6.31. The van der Waals surface area contributed by atoms with Crippen molar-refractivity contribution in [3.63, 3.8) is 0 Å². The van der Waals surface area contributed by atoms with Gasteiger partial charge in [0, 0.05) is 11.1 Å². The van der Waals surface area contributed by atoms with Crippen LogP contribution < -0.4 is 11.1 Å². The van der Waals surface area contributed by atoms with Crippen LogP contribution in [0.15, 0.2) is 42.5 Å². The van der Waals surface area contributed by atoms with E-state index in [-0.39, 0.29) is 17.3 Å². The molecule has 2 rings (SSSR count). The van der Waals surface area contributed by atoms with Gasteiger partial charge in [0.2, 0.25) is 0 Å². The van der Waals surface area contributed by atoms with E-state index in [4.69, 9.17) is 22.1 Å². The minimum Gasteiger partial charge on any atom is -0.452 e. The highest BCUT2D eigenvalue weighted by Gasteiger charge is 2.18. The van der Waals surface area contributed by atoms with E-state index in [0.29, 0.717) is 5.02 Å². The van der Waals surface area contributed by atoms with Gasteiger partial charge in [-0.1, -0.05) is 29.8 Å². The lowest BCUT2D eigenvalue weighted by molar-refractivity contribution is -0.383. The fraction of sp³-hybridized carbons (Fsp3) is 0.176. The number of hydrogen-bond acceptors (Lipinski definition) is 6. The maximum Gasteiger partial charge on any atom is 0.338 e. The highest BCUT2D eigenvalue weighted by atomic mass is 35.5. The number of nitrogen functional groups attached to an aromatic ring is 1. The molecule has 26 heavy (non-hydrogen) atoms. The summed E-state index contributed by atoms with van der Waals surface area (Å²) >= 11 is 6.06. The lowest BCUT2D eigenvalue weighted by Crippen LogP contribution is -2.31. The van der Waals surface area contributed by atoms with Crippen molar-refractivity contribution in [3.8, 4) is 0 Å². The summed E-state index contributed by atoms with van der Waals surface area (Å²) in [5.74, 6) is -1.40. The van der Waals surface area contributed by atoms with E-state index in [2.05, 4.69) is 5.32 Å². The Morgan fingerprint density at radius 1 is 1.31 bits per heavy atom. The number of halogens is 1. The number of rotatable bonds is 6. The molecule has 0 heterocycles. The van der Waals surface area contributed by atoms with Crippen LogP contribution in [0.4, 0.5) is 11.4 Å². The summed E-state index contributed by atoms with van der Waals surface area (Å²) in [7, 11) is 0. The third-order valence-corrected chi connectivity index (χ3v) is 3.89. The Kier molecular flexibility index (Phi) is 6.13. The van der Waals surface area contributed by atoms with Crippen LogP contribution in [0.1, 0.15) is 28.9 Å². The number of ether oxygens (including phenoxy) is 1. The largest absolute Gasteiger partial charge is 0.452 e. The number of nitrogens with zero attached hydrogens (tertiary/aromatic N) is 1. The smallest absolute Gasteiger partial charge is 0.338 e. The summed E-state index contributed by atoms with van der Waals surface area (Å²) in [5, 5.41) is 14.0. The van der Waals surface area contributed by atoms with Crippen LogP contribution in [0.25, 0.3) is 0 Å². The molecule has 0 bridgehead atoms. The second-order valence-electron chi connectivity index (χ2n) is 5.42. The molecule has 0 spiro atoms. The number of hydrogen-bond donors (Lipinski definition) is 2. The van der Waals surface area contributed by atoms with Gasteiger partial charge in [-0.05, 0) is 30.7 Å². The number of carbonyl (C=O) groups is 2. The third-order valence-electron chi connectivity index (χ3n) is 3.55. The maximum absolute atomic E-state index is 12.0. The number of nitrogens with two attached hydrogens (primary N) is 1. The first-order chi connectivity index (χ1) is 12.3. The first-order valence-corrected chi connectivity index (χ1v) is 7.92. The SMILES string of the molecule is C[C@H](NC(=O)COC(=O)c1ccc(N)c([N+](=O)[O-])c1)c1ccccc1Cl. The predicted octanol–water partition coefficient (Wildman–Crippen LogP) is 2.86. The number of amides is 1. The minimum absolute atomic E-state index is 0.0714. The van der Waals surface area contributed by atoms with E-state index in [0.717, 1.165) is 11.6 Å². The van der Waals surface area contributed by atoms with Gasteiger partial charge in [0.15, 0.2) is 6.61 Å². The summed E-state index contributed by atoms with van der Waals surface area (Å²) in [6, 6.07) is 10.2. The lowest BCUT2D eigenvalue weighted by Gasteiger charge is -2.15. The van der Waals surface area contributed by atoms with Crippen LogP contribution in [-0.2, 0) is 9.53 Å². The van der Waals surface area contributed by atoms with Crippen LogP contribution in [0, 0.1) is 10.1 Å². The molecule has 0 unspecified atom stereocenters. The first kappa shape index (κ1) is 19.2. The number of anilines is 1. The minimum atomic E-state index is -0.867. The van der Waals surface area contributed by atoms with Crippen molar-refractivity contribution in [2.45, 2.75) is 13.0 Å². The monoisotopic (exact) mass is 377 g/mol. The Hall–Kier alpha value is -3.13. The fourth-order valence-corrected chi connectivity index (χ4v) is 2.53. The maximum atomic E-state index is 12.0. The standard InChI is InChI=1S/C17H16ClN3O5/c1-10(12-4-2-3-5-13(12)18)20-16(22)9-26-17(23)11-6-7-14(19)15(8-11)21(24)25/h2-8,10H,9,19H2,1H3,(H,20,22)/t10-/m0/s1. The zero-order chi connectivity index (χ0) is 19.3. The molecule has 1 atom stereocenters. The number of nitro benzene ring substituents is 1. The van der Waals surface area contributed by atoms with E-state index in [1.54, 1.807) is 31.2 Å². The van der Waals surface area contributed by atoms with Gasteiger partial charge in [0.05, 0.1) is 16.5 Å². The molecule has 2 aromatic rings. The Balaban J connectivity index is 1.95. The number of nitrogens with one attached hydrogen (secondary N) is 1. The average molecular weight is 378 g/mol. The van der Waals surface area contributed by atoms with Gasteiger partial charge < -0.3 is 15.8 Å². The van der Waals surface area contributed by atoms with Crippen LogP contribution in [0.2, 0.25) is 5.02 Å². The summed E-state index contributed by atoms with van der Waals surface area (Å²) in [4.78, 5) is 34.0. The van der Waals surface area contributed by atoms with Gasteiger partial charge in [-0.25, -0.2) is 4.79 Å². The fourth-order valence-electron chi connectivity index (χ4n) is 2.23. The average Bonchev–Trinajstić information content (AvgIpc) is 2.60. The molecule has 9 heteroatoms. The zero-order valence-corrected chi connectivity index (χ0v) is 14.5. The van der Waals surface area contributed by atoms with Gasteiger partial charge >= 0.3 is 5.97 Å². The van der Waals surface area contributed by atoms with Crippen LogP contribution >= 0.6 is 11.6 Å². The number of esters is 1. The molecule has 8 nitrogen and oxygen atoms in total. The number of benzene rings is 2. The molecule has 1 amide bonds. The highest BCUT2D eigenvalue weighted by Crippen LogP contribution is 2.23. The lowest BCUT2D eigenvalue weighted by atomic mass is 10.1. The molecule has 0 saturated heterocycles. The Morgan fingerprint density at radius 2 is 2.00 bits per heavy atom. The van der Waals surface area contributed by atoms with Crippen molar-refractivity contribution >= 4 is 34.9 Å². The molecule has 0 aliphatic carbocycles. The molecule has 0 aromatic heterocycles. The van der Waals surface area contributed by atoms with Crippen molar-refractivity contribution in [1.82, 2.24) is 5.32 Å². The predicted molar refractivity (Wildman–Crippen MR) is 95.8 cm³/mol. The molecular formula is C17H16ClN3O5. The van der Waals surface area contributed by atoms with Gasteiger partial charge in [0.1, 0.15) is 5.69 Å². The molecule has 2 aromatic carbocycles. The van der Waals surface area contributed by atoms with Crippen molar-refractivity contribution in [1.29, 1.82) is 0 Å². The quantitative estimate of drug-likeness (QED) is 0.345. The zero-order valence-electron chi connectivity index (χ0n) is 13.8. The summed E-state index contributed by atoms with van der Waals surface area (Å²) in [5.41, 5.74) is 5.64. The molecule has 0 aliphatic heterocycles. The van der Waals surface area contributed by atoms with E-state index >= 15 is 0 Å². The normalized spacial score (nSPS) is 11.5. The number of carbonyl (C=O) groups excluding carboxylic acids is 2. The Bertz CT molecular complexity index is 856. The van der Waals surface area contributed by atoms with E-state index in [1.165, 1.54) is 12.1 Å². The van der Waals surface area contributed by atoms with Crippen molar-refractivity contribution in [3.05, 3.63) is 68.7 Å². The van der Waals surface area contributed by atoms with Gasteiger partial charge in [-0.2, -0.15) is 0 Å². The second kappa shape index (κ2) is 8.30. The van der Waals surface area contributed by atoms with Crippen LogP contribution in [0.5, 0.6) is 0 Å².